The van der Waals surface area contributed by atoms with Crippen LogP contribution in [0.15, 0.2) is 60.4 Å². The van der Waals surface area contributed by atoms with Gasteiger partial charge >= 0.3 is 5.97 Å². The van der Waals surface area contributed by atoms with E-state index >= 15 is 0 Å². The van der Waals surface area contributed by atoms with Gasteiger partial charge in [-0.15, -0.1) is 0 Å². The zero-order valence-corrected chi connectivity index (χ0v) is 17.7. The van der Waals surface area contributed by atoms with E-state index < -0.39 is 23.2 Å². The number of methoxy groups -OCH3 is 2. The summed E-state index contributed by atoms with van der Waals surface area (Å²) in [5.41, 5.74) is 0.307. The number of benzene rings is 2. The molecular formula is C25H24O6. The van der Waals surface area contributed by atoms with E-state index in [0.717, 1.165) is 11.1 Å². The van der Waals surface area contributed by atoms with E-state index in [1.807, 2.05) is 24.3 Å². The van der Waals surface area contributed by atoms with Crippen LogP contribution < -0.4 is 9.47 Å². The van der Waals surface area contributed by atoms with Crippen molar-refractivity contribution in [2.75, 3.05) is 14.2 Å². The van der Waals surface area contributed by atoms with Crippen LogP contribution >= 0.6 is 0 Å². The summed E-state index contributed by atoms with van der Waals surface area (Å²) in [6.07, 6.45) is 1.39. The van der Waals surface area contributed by atoms with E-state index in [-0.39, 0.29) is 24.4 Å². The molecule has 1 heterocycles. The molecule has 6 heteroatoms. The molecule has 31 heavy (non-hydrogen) atoms. The Bertz CT molecular complexity index is 989. The Morgan fingerprint density at radius 3 is 1.68 bits per heavy atom. The average Bonchev–Trinajstić information content (AvgIpc) is 2.80. The van der Waals surface area contributed by atoms with E-state index in [1.165, 1.54) is 6.26 Å². The SMILES string of the molecule is COc1ccc(C2CC(=O)CC(c3ccc(OC)cc3)C23C(=O)OC=C(C)C3=O)cc1. The number of carbonyl (C=O) groups excluding carboxylic acids is 3. The Labute approximate surface area is 180 Å². The van der Waals surface area contributed by atoms with Crippen molar-refractivity contribution in [1.29, 1.82) is 0 Å². The average molecular weight is 420 g/mol. The number of ketones is 2. The summed E-state index contributed by atoms with van der Waals surface area (Å²) in [7, 11) is 3.13. The van der Waals surface area contributed by atoms with Crippen molar-refractivity contribution < 1.29 is 28.6 Å². The van der Waals surface area contributed by atoms with E-state index in [1.54, 1.807) is 45.4 Å². The molecule has 0 radical (unpaired) electrons. The summed E-state index contributed by atoms with van der Waals surface area (Å²) in [5, 5.41) is 0. The Morgan fingerprint density at radius 1 is 0.806 bits per heavy atom. The molecule has 1 aliphatic heterocycles. The second kappa shape index (κ2) is 8.02. The van der Waals surface area contributed by atoms with Crippen molar-refractivity contribution in [3.63, 3.8) is 0 Å². The van der Waals surface area contributed by atoms with Gasteiger partial charge in [0.1, 0.15) is 29.0 Å². The zero-order valence-electron chi connectivity index (χ0n) is 17.7. The summed E-state index contributed by atoms with van der Waals surface area (Å²) in [6.45, 7) is 1.64. The highest BCUT2D eigenvalue weighted by molar-refractivity contribution is 6.16. The molecule has 0 bridgehead atoms. The van der Waals surface area contributed by atoms with Crippen molar-refractivity contribution in [3.05, 3.63) is 71.5 Å². The molecule has 0 saturated heterocycles. The van der Waals surface area contributed by atoms with Crippen molar-refractivity contribution in [1.82, 2.24) is 0 Å². The first-order valence-electron chi connectivity index (χ1n) is 10.1. The summed E-state index contributed by atoms with van der Waals surface area (Å²) < 4.78 is 15.9. The predicted molar refractivity (Wildman–Crippen MR) is 113 cm³/mol. The molecule has 6 nitrogen and oxygen atoms in total. The van der Waals surface area contributed by atoms with Gasteiger partial charge in [-0.2, -0.15) is 0 Å². The molecule has 1 spiro atoms. The van der Waals surface area contributed by atoms with Crippen LogP contribution in [0.1, 0.15) is 42.7 Å². The standard InChI is InChI=1S/C25H24O6/c1-15-14-31-24(28)25(23(15)27)21(16-4-8-19(29-2)9-5-16)12-18(26)13-22(25)17-6-10-20(30-3)11-7-17/h4-11,14,21-22H,12-13H2,1-3H3. The summed E-state index contributed by atoms with van der Waals surface area (Å²) in [5.74, 6) is -0.887. The lowest BCUT2D eigenvalue weighted by Gasteiger charge is -2.47. The molecule has 1 aliphatic carbocycles. The Hall–Kier alpha value is -3.41. The van der Waals surface area contributed by atoms with Crippen molar-refractivity contribution in [3.8, 4) is 11.5 Å². The van der Waals surface area contributed by atoms with Gasteiger partial charge in [0.2, 0.25) is 0 Å². The van der Waals surface area contributed by atoms with Gasteiger partial charge in [-0.25, -0.2) is 0 Å². The second-order valence-electron chi connectivity index (χ2n) is 8.00. The fourth-order valence-corrected chi connectivity index (χ4v) is 4.85. The van der Waals surface area contributed by atoms with Gasteiger partial charge in [0, 0.05) is 30.3 Å². The number of esters is 1. The highest BCUT2D eigenvalue weighted by Gasteiger charge is 2.63. The first-order valence-corrected chi connectivity index (χ1v) is 10.1. The second-order valence-corrected chi connectivity index (χ2v) is 8.00. The number of cyclic esters (lactones) is 1. The smallest absolute Gasteiger partial charge is 0.326 e. The summed E-state index contributed by atoms with van der Waals surface area (Å²) in [4.78, 5) is 40.0. The predicted octanol–water partition coefficient (Wildman–Crippen LogP) is 3.95. The van der Waals surface area contributed by atoms with Crippen LogP contribution in [0, 0.1) is 5.41 Å². The normalized spacial score (nSPS) is 25.8. The van der Waals surface area contributed by atoms with Gasteiger partial charge in [-0.1, -0.05) is 24.3 Å². The van der Waals surface area contributed by atoms with Crippen LogP contribution in [-0.2, 0) is 19.1 Å². The fourth-order valence-electron chi connectivity index (χ4n) is 4.85. The maximum atomic E-state index is 13.7. The van der Waals surface area contributed by atoms with Gasteiger partial charge in [0.05, 0.1) is 14.2 Å². The monoisotopic (exact) mass is 420 g/mol. The molecule has 2 aliphatic rings. The first kappa shape index (κ1) is 20.8. The fraction of sp³-hybridized carbons (Fsp3) is 0.320. The third-order valence-corrected chi connectivity index (χ3v) is 6.41. The Morgan fingerprint density at radius 2 is 1.26 bits per heavy atom. The minimum absolute atomic E-state index is 0.0000623. The maximum absolute atomic E-state index is 13.7. The number of rotatable bonds is 4. The Balaban J connectivity index is 1.92. The van der Waals surface area contributed by atoms with Gasteiger partial charge in [-0.05, 0) is 42.3 Å². The van der Waals surface area contributed by atoms with Crippen LogP contribution in [0.3, 0.4) is 0 Å². The highest BCUT2D eigenvalue weighted by atomic mass is 16.5. The minimum atomic E-state index is -1.52. The molecular weight excluding hydrogens is 396 g/mol. The Kier molecular flexibility index (Phi) is 5.39. The van der Waals surface area contributed by atoms with Gasteiger partial charge in [-0.3, -0.25) is 14.4 Å². The molecule has 0 N–H and O–H groups in total. The molecule has 2 aromatic carbocycles. The van der Waals surface area contributed by atoms with Crippen molar-refractivity contribution >= 4 is 17.5 Å². The van der Waals surface area contributed by atoms with Crippen LogP contribution in [-0.4, -0.2) is 31.8 Å². The van der Waals surface area contributed by atoms with Crippen LogP contribution in [0.4, 0.5) is 0 Å². The lowest BCUT2D eigenvalue weighted by atomic mass is 9.53. The van der Waals surface area contributed by atoms with Crippen LogP contribution in [0.25, 0.3) is 0 Å². The molecule has 2 unspecified atom stereocenters. The highest BCUT2D eigenvalue weighted by Crippen LogP contribution is 2.57. The van der Waals surface area contributed by atoms with Crippen LogP contribution in [0.2, 0.25) is 0 Å². The number of hydrogen-bond acceptors (Lipinski definition) is 6. The van der Waals surface area contributed by atoms with Crippen LogP contribution in [0.5, 0.6) is 11.5 Å². The number of hydrogen-bond donors (Lipinski definition) is 0. The van der Waals surface area contributed by atoms with Gasteiger partial charge < -0.3 is 14.2 Å². The maximum Gasteiger partial charge on any atom is 0.326 e. The molecule has 2 atom stereocenters. The molecule has 4 rings (SSSR count). The number of allylic oxidation sites excluding steroid dienone is 1. The third kappa shape index (κ3) is 3.32. The van der Waals surface area contributed by atoms with E-state index in [2.05, 4.69) is 0 Å². The largest absolute Gasteiger partial charge is 0.497 e. The number of Topliss-reactive ketones (excluding diaryl/α,β-unsaturated/α-hetero) is 2. The lowest BCUT2D eigenvalue weighted by molar-refractivity contribution is -0.163. The number of ether oxygens (including phenoxy) is 3. The number of carbonyl (C=O) groups is 3. The molecule has 1 fully saturated rings. The molecule has 160 valence electrons. The lowest BCUT2D eigenvalue weighted by Crippen LogP contribution is -2.55. The van der Waals surface area contributed by atoms with E-state index in [9.17, 15) is 14.4 Å². The minimum Gasteiger partial charge on any atom is -0.497 e. The topological polar surface area (TPSA) is 78.9 Å². The van der Waals surface area contributed by atoms with E-state index in [4.69, 9.17) is 14.2 Å². The third-order valence-electron chi connectivity index (χ3n) is 6.41. The molecule has 0 aromatic heterocycles. The first-order chi connectivity index (χ1) is 14.9. The van der Waals surface area contributed by atoms with Gasteiger partial charge in [0.15, 0.2) is 5.78 Å². The molecule has 0 amide bonds. The van der Waals surface area contributed by atoms with E-state index in [0.29, 0.717) is 17.1 Å². The molecule has 1 saturated carbocycles. The van der Waals surface area contributed by atoms with Gasteiger partial charge in [0.25, 0.3) is 0 Å². The summed E-state index contributed by atoms with van der Waals surface area (Å²) in [6, 6.07) is 14.3. The summed E-state index contributed by atoms with van der Waals surface area (Å²) >= 11 is 0. The van der Waals surface area contributed by atoms with Crippen molar-refractivity contribution in [2.45, 2.75) is 31.6 Å². The van der Waals surface area contributed by atoms with Crippen molar-refractivity contribution in [2.24, 2.45) is 5.41 Å². The zero-order chi connectivity index (χ0) is 22.2. The molecule has 2 aromatic rings. The quantitative estimate of drug-likeness (QED) is 0.551.